The zero-order valence-electron chi connectivity index (χ0n) is 12.8. The van der Waals surface area contributed by atoms with Crippen LogP contribution in [0.2, 0.25) is 0 Å². The normalized spacial score (nSPS) is 16.1. The molecular formula is C17H27NO2. The number of ether oxygens (including phenoxy) is 2. The second kappa shape index (κ2) is 8.15. The van der Waals surface area contributed by atoms with Gasteiger partial charge in [-0.1, -0.05) is 25.5 Å². The molecule has 1 aromatic carbocycles. The zero-order valence-corrected chi connectivity index (χ0v) is 12.8. The van der Waals surface area contributed by atoms with E-state index in [-0.39, 0.29) is 0 Å². The summed E-state index contributed by atoms with van der Waals surface area (Å²) in [6, 6.07) is 6.15. The standard InChI is InChI=1S/C17H27NO2/c1-3-12-18-13-14-8-7-11-16(19-2)17(14)20-15-9-5-4-6-10-15/h7-8,11,15,18H,3-6,9-10,12-13H2,1-2H3. The maximum Gasteiger partial charge on any atom is 0.166 e. The molecule has 2 rings (SSSR count). The maximum atomic E-state index is 6.27. The molecule has 0 amide bonds. The van der Waals surface area contributed by atoms with Gasteiger partial charge in [0.15, 0.2) is 11.5 Å². The van der Waals surface area contributed by atoms with Gasteiger partial charge < -0.3 is 14.8 Å². The largest absolute Gasteiger partial charge is 0.493 e. The highest BCUT2D eigenvalue weighted by atomic mass is 16.5. The number of hydrogen-bond acceptors (Lipinski definition) is 3. The molecule has 20 heavy (non-hydrogen) atoms. The van der Waals surface area contributed by atoms with Crippen LogP contribution in [0.5, 0.6) is 11.5 Å². The molecule has 3 nitrogen and oxygen atoms in total. The van der Waals surface area contributed by atoms with Crippen molar-refractivity contribution in [1.29, 1.82) is 0 Å². The number of nitrogens with one attached hydrogen (secondary N) is 1. The first kappa shape index (κ1) is 15.2. The van der Waals surface area contributed by atoms with Crippen LogP contribution >= 0.6 is 0 Å². The summed E-state index contributed by atoms with van der Waals surface area (Å²) in [5, 5.41) is 3.44. The lowest BCUT2D eigenvalue weighted by molar-refractivity contribution is 0.148. The third kappa shape index (κ3) is 4.14. The minimum Gasteiger partial charge on any atom is -0.493 e. The molecule has 1 N–H and O–H groups in total. The number of rotatable bonds is 7. The van der Waals surface area contributed by atoms with Gasteiger partial charge in [-0.15, -0.1) is 0 Å². The molecule has 1 aliphatic rings. The zero-order chi connectivity index (χ0) is 14.2. The van der Waals surface area contributed by atoms with Crippen LogP contribution in [0.25, 0.3) is 0 Å². The Bertz CT molecular complexity index is 400. The molecular weight excluding hydrogens is 250 g/mol. The van der Waals surface area contributed by atoms with Crippen molar-refractivity contribution in [3.63, 3.8) is 0 Å². The van der Waals surface area contributed by atoms with Gasteiger partial charge in [-0.3, -0.25) is 0 Å². The lowest BCUT2D eigenvalue weighted by Crippen LogP contribution is -2.22. The molecule has 0 bridgehead atoms. The predicted molar refractivity (Wildman–Crippen MR) is 82.5 cm³/mol. The van der Waals surface area contributed by atoms with Crippen molar-refractivity contribution >= 4 is 0 Å². The van der Waals surface area contributed by atoms with Crippen LogP contribution in [0.3, 0.4) is 0 Å². The van der Waals surface area contributed by atoms with E-state index in [1.807, 2.05) is 12.1 Å². The third-order valence-corrected chi connectivity index (χ3v) is 3.86. The predicted octanol–water partition coefficient (Wildman–Crippen LogP) is 3.91. The van der Waals surface area contributed by atoms with Crippen molar-refractivity contribution < 1.29 is 9.47 Å². The van der Waals surface area contributed by atoms with Crippen LogP contribution < -0.4 is 14.8 Å². The molecule has 1 aromatic rings. The van der Waals surface area contributed by atoms with E-state index >= 15 is 0 Å². The fraction of sp³-hybridized carbons (Fsp3) is 0.647. The molecule has 3 heteroatoms. The summed E-state index contributed by atoms with van der Waals surface area (Å²) >= 11 is 0. The number of hydrogen-bond donors (Lipinski definition) is 1. The molecule has 112 valence electrons. The van der Waals surface area contributed by atoms with Gasteiger partial charge in [-0.2, -0.15) is 0 Å². The first-order valence-electron chi connectivity index (χ1n) is 7.88. The SMILES string of the molecule is CCCNCc1cccc(OC)c1OC1CCCCC1. The Balaban J connectivity index is 2.09. The van der Waals surface area contributed by atoms with Gasteiger partial charge in [0, 0.05) is 12.1 Å². The lowest BCUT2D eigenvalue weighted by Gasteiger charge is -2.25. The molecule has 1 fully saturated rings. The Hall–Kier alpha value is -1.22. The highest BCUT2D eigenvalue weighted by Gasteiger charge is 2.19. The Kier molecular flexibility index (Phi) is 6.19. The van der Waals surface area contributed by atoms with E-state index < -0.39 is 0 Å². The molecule has 0 aliphatic heterocycles. The molecule has 0 unspecified atom stereocenters. The average Bonchev–Trinajstić information content (AvgIpc) is 2.50. The van der Waals surface area contributed by atoms with Crippen LogP contribution in [-0.2, 0) is 6.54 Å². The summed E-state index contributed by atoms with van der Waals surface area (Å²) in [7, 11) is 1.71. The minimum atomic E-state index is 0.352. The van der Waals surface area contributed by atoms with Crippen molar-refractivity contribution in [2.75, 3.05) is 13.7 Å². The van der Waals surface area contributed by atoms with E-state index in [1.54, 1.807) is 7.11 Å². The van der Waals surface area contributed by atoms with Gasteiger partial charge in [0.05, 0.1) is 13.2 Å². The van der Waals surface area contributed by atoms with Gasteiger partial charge in [0.25, 0.3) is 0 Å². The van der Waals surface area contributed by atoms with Crippen LogP contribution in [0.15, 0.2) is 18.2 Å². The van der Waals surface area contributed by atoms with Crippen LogP contribution in [0.4, 0.5) is 0 Å². The first-order chi connectivity index (χ1) is 9.85. The van der Waals surface area contributed by atoms with Crippen LogP contribution in [-0.4, -0.2) is 19.8 Å². The summed E-state index contributed by atoms with van der Waals surface area (Å²) in [6.07, 6.45) is 7.73. The smallest absolute Gasteiger partial charge is 0.166 e. The molecule has 0 heterocycles. The van der Waals surface area contributed by atoms with Gasteiger partial charge in [0.1, 0.15) is 0 Å². The van der Waals surface area contributed by atoms with Crippen LogP contribution in [0, 0.1) is 0 Å². The van der Waals surface area contributed by atoms with Gasteiger partial charge >= 0.3 is 0 Å². The van der Waals surface area contributed by atoms with Gasteiger partial charge in [-0.25, -0.2) is 0 Å². The average molecular weight is 277 g/mol. The fourth-order valence-electron chi connectivity index (χ4n) is 2.74. The molecule has 1 saturated carbocycles. The van der Waals surface area contributed by atoms with E-state index in [0.29, 0.717) is 6.10 Å². The van der Waals surface area contributed by atoms with Crippen LogP contribution in [0.1, 0.15) is 51.0 Å². The highest BCUT2D eigenvalue weighted by Crippen LogP contribution is 2.34. The van der Waals surface area contributed by atoms with E-state index in [2.05, 4.69) is 18.3 Å². The van der Waals surface area contributed by atoms with Crippen molar-refractivity contribution in [2.24, 2.45) is 0 Å². The highest BCUT2D eigenvalue weighted by molar-refractivity contribution is 5.46. The molecule has 0 radical (unpaired) electrons. The van der Waals surface area contributed by atoms with Crippen molar-refractivity contribution in [3.05, 3.63) is 23.8 Å². The first-order valence-corrected chi connectivity index (χ1v) is 7.88. The minimum absolute atomic E-state index is 0.352. The monoisotopic (exact) mass is 277 g/mol. The molecule has 0 saturated heterocycles. The summed E-state index contributed by atoms with van der Waals surface area (Å²) < 4.78 is 11.8. The Morgan fingerprint density at radius 2 is 2.00 bits per heavy atom. The van der Waals surface area contributed by atoms with E-state index in [9.17, 15) is 0 Å². The molecule has 1 aliphatic carbocycles. The number of methoxy groups -OCH3 is 1. The van der Waals surface area contributed by atoms with Gasteiger partial charge in [-0.05, 0) is 44.7 Å². The van der Waals surface area contributed by atoms with Crippen molar-refractivity contribution in [2.45, 2.75) is 58.1 Å². The van der Waals surface area contributed by atoms with Crippen molar-refractivity contribution in [3.8, 4) is 11.5 Å². The van der Waals surface area contributed by atoms with E-state index in [1.165, 1.54) is 37.7 Å². The Morgan fingerprint density at radius 1 is 1.20 bits per heavy atom. The van der Waals surface area contributed by atoms with E-state index in [4.69, 9.17) is 9.47 Å². The summed E-state index contributed by atoms with van der Waals surface area (Å²) in [4.78, 5) is 0. The lowest BCUT2D eigenvalue weighted by atomic mass is 9.97. The second-order valence-electron chi connectivity index (χ2n) is 5.50. The molecule has 0 aromatic heterocycles. The topological polar surface area (TPSA) is 30.5 Å². The summed E-state index contributed by atoms with van der Waals surface area (Å²) in [5.74, 6) is 1.79. The molecule has 0 spiro atoms. The number of benzene rings is 1. The third-order valence-electron chi connectivity index (χ3n) is 3.86. The quantitative estimate of drug-likeness (QED) is 0.767. The Morgan fingerprint density at radius 3 is 2.70 bits per heavy atom. The second-order valence-corrected chi connectivity index (χ2v) is 5.50. The Labute approximate surface area is 122 Å². The van der Waals surface area contributed by atoms with Crippen molar-refractivity contribution in [1.82, 2.24) is 5.32 Å². The maximum absolute atomic E-state index is 6.27. The van der Waals surface area contributed by atoms with Gasteiger partial charge in [0.2, 0.25) is 0 Å². The van der Waals surface area contributed by atoms with E-state index in [0.717, 1.165) is 31.0 Å². The number of para-hydroxylation sites is 1. The summed E-state index contributed by atoms with van der Waals surface area (Å²) in [5.41, 5.74) is 1.20. The fourth-order valence-corrected chi connectivity index (χ4v) is 2.74. The molecule has 0 atom stereocenters. The summed E-state index contributed by atoms with van der Waals surface area (Å²) in [6.45, 7) is 4.05.